The highest BCUT2D eigenvalue weighted by Crippen LogP contribution is 2.28. The number of aliphatic imine (C=N–C) groups is 1. The quantitative estimate of drug-likeness (QED) is 0.868. The van der Waals surface area contributed by atoms with Crippen molar-refractivity contribution in [2.24, 2.45) is 4.99 Å². The van der Waals surface area contributed by atoms with Gasteiger partial charge in [0.2, 0.25) is 0 Å². The molecule has 0 atom stereocenters. The van der Waals surface area contributed by atoms with Crippen LogP contribution in [-0.4, -0.2) is 29.6 Å². The SMILES string of the molecule is Cc1cc2c(s1)CC(c1cc(OCC(F)F)ccn1)=NC2=O. The Morgan fingerprint density at radius 3 is 3.00 bits per heavy atom. The molecular formula is C15H12F2N2O2S. The summed E-state index contributed by atoms with van der Waals surface area (Å²) in [6.07, 6.45) is -0.578. The second kappa shape index (κ2) is 5.92. The number of halogens is 2. The maximum absolute atomic E-state index is 12.2. The summed E-state index contributed by atoms with van der Waals surface area (Å²) in [4.78, 5) is 22.3. The standard InChI is InChI=1S/C15H12F2N2O2S/c1-8-4-10-13(22-8)6-12(19-15(10)20)11-5-9(2-3-18-11)21-7-14(16)17/h2-5,14H,6-7H2,1H3. The number of fused-ring (bicyclic) bond motifs is 1. The summed E-state index contributed by atoms with van der Waals surface area (Å²) in [7, 11) is 0. The number of hydrogen-bond acceptors (Lipinski definition) is 4. The maximum atomic E-state index is 12.2. The van der Waals surface area contributed by atoms with Gasteiger partial charge in [-0.05, 0) is 19.1 Å². The highest BCUT2D eigenvalue weighted by molar-refractivity contribution is 7.12. The van der Waals surface area contributed by atoms with Gasteiger partial charge in [0.25, 0.3) is 12.3 Å². The van der Waals surface area contributed by atoms with Gasteiger partial charge in [0.1, 0.15) is 12.4 Å². The third kappa shape index (κ3) is 3.04. The smallest absolute Gasteiger partial charge is 0.278 e. The van der Waals surface area contributed by atoms with E-state index in [9.17, 15) is 13.6 Å². The Bertz CT molecular complexity index is 756. The molecule has 0 saturated carbocycles. The van der Waals surface area contributed by atoms with Crippen molar-refractivity contribution in [1.29, 1.82) is 0 Å². The average molecular weight is 322 g/mol. The molecule has 1 aliphatic rings. The summed E-state index contributed by atoms with van der Waals surface area (Å²) < 4.78 is 29.3. The largest absolute Gasteiger partial charge is 0.488 e. The molecule has 0 N–H and O–H groups in total. The Kier molecular flexibility index (Phi) is 3.98. The van der Waals surface area contributed by atoms with E-state index in [2.05, 4.69) is 9.98 Å². The van der Waals surface area contributed by atoms with Crippen molar-refractivity contribution in [2.75, 3.05) is 6.61 Å². The summed E-state index contributed by atoms with van der Waals surface area (Å²) in [5.41, 5.74) is 1.63. The molecule has 7 heteroatoms. The first-order chi connectivity index (χ1) is 10.5. The molecule has 3 rings (SSSR count). The lowest BCUT2D eigenvalue weighted by molar-refractivity contribution is 0.0818. The molecule has 0 fully saturated rings. The molecule has 1 aliphatic heterocycles. The van der Waals surface area contributed by atoms with Crippen LogP contribution in [0.5, 0.6) is 5.75 Å². The van der Waals surface area contributed by atoms with Gasteiger partial charge in [-0.2, -0.15) is 0 Å². The molecule has 4 nitrogen and oxygen atoms in total. The van der Waals surface area contributed by atoms with Gasteiger partial charge in [0.05, 0.1) is 17.0 Å². The normalized spacial score (nSPS) is 14.0. The zero-order valence-electron chi connectivity index (χ0n) is 11.7. The molecule has 2 aromatic heterocycles. The number of hydrogen-bond donors (Lipinski definition) is 0. The Balaban J connectivity index is 1.85. The lowest BCUT2D eigenvalue weighted by Gasteiger charge is -2.12. The number of amides is 1. The van der Waals surface area contributed by atoms with Gasteiger partial charge in [-0.1, -0.05) is 0 Å². The first kappa shape index (κ1) is 14.8. The molecular weight excluding hydrogens is 310 g/mol. The van der Waals surface area contributed by atoms with Crippen molar-refractivity contribution < 1.29 is 18.3 Å². The van der Waals surface area contributed by atoms with Crippen molar-refractivity contribution in [2.45, 2.75) is 19.8 Å². The monoisotopic (exact) mass is 322 g/mol. The molecule has 0 saturated heterocycles. The number of pyridine rings is 1. The fourth-order valence-electron chi connectivity index (χ4n) is 2.22. The van der Waals surface area contributed by atoms with E-state index in [-0.39, 0.29) is 11.7 Å². The molecule has 0 aliphatic carbocycles. The van der Waals surface area contributed by atoms with E-state index in [1.54, 1.807) is 11.3 Å². The fourth-order valence-corrected chi connectivity index (χ4v) is 3.25. The van der Waals surface area contributed by atoms with E-state index < -0.39 is 13.0 Å². The molecule has 0 spiro atoms. The van der Waals surface area contributed by atoms with Crippen LogP contribution in [-0.2, 0) is 6.42 Å². The van der Waals surface area contributed by atoms with E-state index in [1.807, 2.05) is 13.0 Å². The summed E-state index contributed by atoms with van der Waals surface area (Å²) in [6, 6.07) is 4.86. The van der Waals surface area contributed by atoms with Crippen LogP contribution in [0.25, 0.3) is 0 Å². The lowest BCUT2D eigenvalue weighted by atomic mass is 10.0. The summed E-state index contributed by atoms with van der Waals surface area (Å²) in [6.45, 7) is 1.26. The molecule has 114 valence electrons. The van der Waals surface area contributed by atoms with Gasteiger partial charge in [-0.15, -0.1) is 11.3 Å². The number of rotatable bonds is 4. The van der Waals surface area contributed by atoms with Crippen LogP contribution in [0.15, 0.2) is 29.4 Å². The Morgan fingerprint density at radius 1 is 1.41 bits per heavy atom. The van der Waals surface area contributed by atoms with Crippen molar-refractivity contribution >= 4 is 23.0 Å². The summed E-state index contributed by atoms with van der Waals surface area (Å²) >= 11 is 1.55. The van der Waals surface area contributed by atoms with E-state index in [0.29, 0.717) is 23.4 Å². The van der Waals surface area contributed by atoms with Crippen molar-refractivity contribution in [3.05, 3.63) is 45.4 Å². The van der Waals surface area contributed by atoms with Crippen LogP contribution < -0.4 is 4.74 Å². The topological polar surface area (TPSA) is 51.6 Å². The predicted molar refractivity (Wildman–Crippen MR) is 79.4 cm³/mol. The Labute approximate surface area is 129 Å². The molecule has 0 bridgehead atoms. The number of carbonyl (C=O) groups is 1. The maximum Gasteiger partial charge on any atom is 0.278 e. The number of aromatic nitrogens is 1. The third-order valence-corrected chi connectivity index (χ3v) is 4.18. The first-order valence-corrected chi connectivity index (χ1v) is 7.43. The number of carbonyl (C=O) groups excluding carboxylic acids is 1. The van der Waals surface area contributed by atoms with Crippen LogP contribution in [0.3, 0.4) is 0 Å². The molecule has 22 heavy (non-hydrogen) atoms. The van der Waals surface area contributed by atoms with Gasteiger partial charge < -0.3 is 4.74 Å². The van der Waals surface area contributed by atoms with E-state index >= 15 is 0 Å². The van der Waals surface area contributed by atoms with Gasteiger partial charge in [0.15, 0.2) is 0 Å². The minimum absolute atomic E-state index is 0.286. The molecule has 0 aromatic carbocycles. The van der Waals surface area contributed by atoms with Crippen LogP contribution >= 0.6 is 11.3 Å². The van der Waals surface area contributed by atoms with Crippen LogP contribution in [0.1, 0.15) is 25.8 Å². The lowest BCUT2D eigenvalue weighted by Crippen LogP contribution is -2.17. The zero-order chi connectivity index (χ0) is 15.7. The van der Waals surface area contributed by atoms with E-state index in [0.717, 1.165) is 9.75 Å². The highest BCUT2D eigenvalue weighted by Gasteiger charge is 2.23. The third-order valence-electron chi connectivity index (χ3n) is 3.13. The average Bonchev–Trinajstić information content (AvgIpc) is 2.86. The van der Waals surface area contributed by atoms with E-state index in [1.165, 1.54) is 18.3 Å². The van der Waals surface area contributed by atoms with Crippen LogP contribution in [0.4, 0.5) is 8.78 Å². The highest BCUT2D eigenvalue weighted by atomic mass is 32.1. The van der Waals surface area contributed by atoms with Crippen LogP contribution in [0, 0.1) is 6.92 Å². The van der Waals surface area contributed by atoms with Gasteiger partial charge in [-0.25, -0.2) is 13.8 Å². The second-order valence-corrected chi connectivity index (χ2v) is 6.15. The number of aryl methyl sites for hydroxylation is 1. The second-order valence-electron chi connectivity index (χ2n) is 4.81. The Hall–Kier alpha value is -2.15. The summed E-state index contributed by atoms with van der Waals surface area (Å²) in [5.74, 6) is -0.00471. The number of alkyl halides is 2. The minimum Gasteiger partial charge on any atom is -0.488 e. The summed E-state index contributed by atoms with van der Waals surface area (Å²) in [5, 5.41) is 0. The zero-order valence-corrected chi connectivity index (χ0v) is 12.5. The van der Waals surface area contributed by atoms with Crippen molar-refractivity contribution in [3.8, 4) is 5.75 Å². The number of thiophene rings is 1. The molecule has 0 unspecified atom stereocenters. The van der Waals surface area contributed by atoms with Crippen molar-refractivity contribution in [1.82, 2.24) is 4.98 Å². The molecule has 2 aromatic rings. The number of nitrogens with zero attached hydrogens (tertiary/aromatic N) is 2. The van der Waals surface area contributed by atoms with Gasteiger partial charge in [-0.3, -0.25) is 9.78 Å². The van der Waals surface area contributed by atoms with Crippen LogP contribution in [0.2, 0.25) is 0 Å². The predicted octanol–water partition coefficient (Wildman–Crippen LogP) is 3.28. The first-order valence-electron chi connectivity index (χ1n) is 6.61. The fraction of sp³-hybridized carbons (Fsp3) is 0.267. The van der Waals surface area contributed by atoms with Gasteiger partial charge in [0, 0.05) is 28.4 Å². The minimum atomic E-state index is -2.54. The van der Waals surface area contributed by atoms with Crippen molar-refractivity contribution in [3.63, 3.8) is 0 Å². The molecule has 1 amide bonds. The molecule has 0 radical (unpaired) electrons. The van der Waals surface area contributed by atoms with Gasteiger partial charge >= 0.3 is 0 Å². The van der Waals surface area contributed by atoms with E-state index in [4.69, 9.17) is 4.74 Å². The number of ether oxygens (including phenoxy) is 1. The Morgan fingerprint density at radius 2 is 2.23 bits per heavy atom. The molecule has 3 heterocycles.